The van der Waals surface area contributed by atoms with E-state index < -0.39 is 11.4 Å². The van der Waals surface area contributed by atoms with Crippen molar-refractivity contribution in [3.8, 4) is 6.07 Å². The van der Waals surface area contributed by atoms with E-state index in [0.717, 1.165) is 25.7 Å². The molecule has 0 bridgehead atoms. The van der Waals surface area contributed by atoms with E-state index in [-0.39, 0.29) is 16.9 Å². The Hall–Kier alpha value is -2.09. The minimum atomic E-state index is -0.922. The molecular weight excluding hydrogens is 266 g/mol. The van der Waals surface area contributed by atoms with Crippen molar-refractivity contribution < 1.29 is 4.79 Å². The zero-order valence-electron chi connectivity index (χ0n) is 12.5. The molecule has 0 radical (unpaired) electrons. The summed E-state index contributed by atoms with van der Waals surface area (Å²) in [7, 11) is 0. The topological polar surface area (TPSA) is 85.8 Å². The van der Waals surface area contributed by atoms with Crippen molar-refractivity contribution in [1.82, 2.24) is 10.3 Å². The first-order valence-electron chi connectivity index (χ1n) is 7.39. The maximum Gasteiger partial charge on any atom is 0.257 e. The number of rotatable bonds is 3. The molecule has 112 valence electrons. The number of H-pyrrole nitrogens is 1. The molecule has 2 rings (SSSR count). The molecule has 1 atom stereocenters. The lowest BCUT2D eigenvalue weighted by Crippen LogP contribution is -2.51. The molecule has 1 amide bonds. The van der Waals surface area contributed by atoms with Crippen LogP contribution in [0.3, 0.4) is 0 Å². The molecule has 0 aliphatic heterocycles. The summed E-state index contributed by atoms with van der Waals surface area (Å²) in [6.07, 6.45) is 6.64. The number of nitrogens with one attached hydrogen (secondary N) is 2. The van der Waals surface area contributed by atoms with Gasteiger partial charge < -0.3 is 10.3 Å². The van der Waals surface area contributed by atoms with E-state index in [1.54, 1.807) is 13.8 Å². The van der Waals surface area contributed by atoms with Gasteiger partial charge in [0, 0.05) is 18.0 Å². The number of hydrogen-bond donors (Lipinski definition) is 2. The Bertz CT molecular complexity index is 623. The summed E-state index contributed by atoms with van der Waals surface area (Å²) in [4.78, 5) is 27.0. The highest BCUT2D eigenvalue weighted by Crippen LogP contribution is 2.32. The van der Waals surface area contributed by atoms with Crippen LogP contribution in [0.1, 0.15) is 55.1 Å². The third kappa shape index (κ3) is 3.33. The number of aryl methyl sites for hydroxylation is 1. The third-order valence-electron chi connectivity index (χ3n) is 4.33. The average Bonchev–Trinajstić information content (AvgIpc) is 2.47. The second kappa shape index (κ2) is 6.13. The van der Waals surface area contributed by atoms with Gasteiger partial charge in [0.1, 0.15) is 11.1 Å². The first kappa shape index (κ1) is 15.3. The maximum absolute atomic E-state index is 12.3. The number of aromatic nitrogens is 1. The average molecular weight is 287 g/mol. The predicted molar refractivity (Wildman–Crippen MR) is 79.9 cm³/mol. The van der Waals surface area contributed by atoms with Crippen LogP contribution in [0.25, 0.3) is 0 Å². The minimum Gasteiger partial charge on any atom is -0.364 e. The molecule has 0 aromatic carbocycles. The number of nitrogens with zero attached hydrogens (tertiary/aromatic N) is 1. The third-order valence-corrected chi connectivity index (χ3v) is 4.33. The van der Waals surface area contributed by atoms with Gasteiger partial charge in [-0.05, 0) is 32.6 Å². The SMILES string of the molecule is Cc1cc(=O)c(C(=O)NC(C)(C#N)C2CCCCC2)c[nH]1. The molecule has 1 aromatic heterocycles. The molecule has 1 heterocycles. The maximum atomic E-state index is 12.3. The van der Waals surface area contributed by atoms with Crippen LogP contribution < -0.4 is 10.7 Å². The fourth-order valence-corrected chi connectivity index (χ4v) is 2.96. The molecule has 1 saturated carbocycles. The molecule has 0 saturated heterocycles. The summed E-state index contributed by atoms with van der Waals surface area (Å²) >= 11 is 0. The standard InChI is InChI=1S/C16H21N3O2/c1-11-8-14(20)13(9-18-11)15(21)19-16(2,10-17)12-6-4-3-5-7-12/h8-9,12H,3-7H2,1-2H3,(H,18,20)(H,19,21). The normalized spacial score (nSPS) is 18.5. The van der Waals surface area contributed by atoms with Gasteiger partial charge in [0.05, 0.1) is 6.07 Å². The highest BCUT2D eigenvalue weighted by Gasteiger charge is 2.37. The fourth-order valence-electron chi connectivity index (χ4n) is 2.96. The number of carbonyl (C=O) groups is 1. The van der Waals surface area contributed by atoms with Crippen molar-refractivity contribution >= 4 is 5.91 Å². The molecule has 1 aliphatic carbocycles. The van der Waals surface area contributed by atoms with E-state index in [0.29, 0.717) is 5.69 Å². The number of amides is 1. The van der Waals surface area contributed by atoms with Crippen LogP contribution in [-0.4, -0.2) is 16.4 Å². The van der Waals surface area contributed by atoms with Gasteiger partial charge in [-0.25, -0.2) is 0 Å². The smallest absolute Gasteiger partial charge is 0.257 e. The lowest BCUT2D eigenvalue weighted by Gasteiger charge is -2.35. The van der Waals surface area contributed by atoms with Crippen LogP contribution in [0.2, 0.25) is 0 Å². The summed E-state index contributed by atoms with van der Waals surface area (Å²) in [6, 6.07) is 3.62. The van der Waals surface area contributed by atoms with Crippen LogP contribution in [0.4, 0.5) is 0 Å². The molecule has 5 heteroatoms. The van der Waals surface area contributed by atoms with E-state index in [9.17, 15) is 14.9 Å². The number of hydrogen-bond acceptors (Lipinski definition) is 3. The quantitative estimate of drug-likeness (QED) is 0.894. The van der Waals surface area contributed by atoms with Crippen molar-refractivity contribution in [2.75, 3.05) is 0 Å². The summed E-state index contributed by atoms with van der Waals surface area (Å²) < 4.78 is 0. The Kier molecular flexibility index (Phi) is 4.46. The van der Waals surface area contributed by atoms with Gasteiger partial charge in [0.25, 0.3) is 5.91 Å². The molecule has 1 unspecified atom stereocenters. The highest BCUT2D eigenvalue weighted by atomic mass is 16.2. The lowest BCUT2D eigenvalue weighted by atomic mass is 9.76. The van der Waals surface area contributed by atoms with Crippen LogP contribution >= 0.6 is 0 Å². The van der Waals surface area contributed by atoms with Crippen LogP contribution in [0.5, 0.6) is 0 Å². The van der Waals surface area contributed by atoms with E-state index in [1.807, 2.05) is 0 Å². The number of pyridine rings is 1. The van der Waals surface area contributed by atoms with E-state index in [1.165, 1.54) is 18.7 Å². The minimum absolute atomic E-state index is 0.0536. The largest absolute Gasteiger partial charge is 0.364 e. The zero-order valence-corrected chi connectivity index (χ0v) is 12.5. The predicted octanol–water partition coefficient (Wildman–Crippen LogP) is 2.28. The second-order valence-corrected chi connectivity index (χ2v) is 6.00. The van der Waals surface area contributed by atoms with Gasteiger partial charge in [-0.1, -0.05) is 19.3 Å². The molecule has 21 heavy (non-hydrogen) atoms. The van der Waals surface area contributed by atoms with E-state index >= 15 is 0 Å². The van der Waals surface area contributed by atoms with Crippen molar-refractivity contribution in [3.63, 3.8) is 0 Å². The molecule has 1 aliphatic rings. The summed E-state index contributed by atoms with van der Waals surface area (Å²) in [5, 5.41) is 12.3. The Morgan fingerprint density at radius 2 is 2.10 bits per heavy atom. The van der Waals surface area contributed by atoms with Crippen LogP contribution in [0, 0.1) is 24.2 Å². The molecule has 1 aromatic rings. The van der Waals surface area contributed by atoms with Gasteiger partial charge in [0.15, 0.2) is 5.43 Å². The Morgan fingerprint density at radius 1 is 1.43 bits per heavy atom. The van der Waals surface area contributed by atoms with Crippen LogP contribution in [-0.2, 0) is 0 Å². The van der Waals surface area contributed by atoms with E-state index in [4.69, 9.17) is 0 Å². The number of carbonyl (C=O) groups excluding carboxylic acids is 1. The Morgan fingerprint density at radius 3 is 2.67 bits per heavy atom. The first-order valence-corrected chi connectivity index (χ1v) is 7.39. The summed E-state index contributed by atoms with van der Waals surface area (Å²) in [6.45, 7) is 3.51. The van der Waals surface area contributed by atoms with Gasteiger partial charge in [-0.15, -0.1) is 0 Å². The van der Waals surface area contributed by atoms with Crippen molar-refractivity contribution in [3.05, 3.63) is 33.7 Å². The number of nitriles is 1. The Balaban J connectivity index is 2.19. The molecule has 5 nitrogen and oxygen atoms in total. The van der Waals surface area contributed by atoms with Crippen LogP contribution in [0.15, 0.2) is 17.1 Å². The summed E-state index contributed by atoms with van der Waals surface area (Å²) in [5.74, 6) is -0.337. The van der Waals surface area contributed by atoms with E-state index in [2.05, 4.69) is 16.4 Å². The van der Waals surface area contributed by atoms with Gasteiger partial charge in [-0.2, -0.15) is 5.26 Å². The van der Waals surface area contributed by atoms with Gasteiger partial charge >= 0.3 is 0 Å². The molecular formula is C16H21N3O2. The fraction of sp³-hybridized carbons (Fsp3) is 0.562. The lowest BCUT2D eigenvalue weighted by molar-refractivity contribution is 0.0885. The number of aromatic amines is 1. The molecule has 0 spiro atoms. The molecule has 2 N–H and O–H groups in total. The monoisotopic (exact) mass is 287 g/mol. The van der Waals surface area contributed by atoms with Crippen molar-refractivity contribution in [1.29, 1.82) is 5.26 Å². The first-order chi connectivity index (χ1) is 9.96. The Labute approximate surface area is 124 Å². The zero-order chi connectivity index (χ0) is 15.5. The second-order valence-electron chi connectivity index (χ2n) is 6.00. The molecule has 1 fully saturated rings. The highest BCUT2D eigenvalue weighted by molar-refractivity contribution is 5.94. The van der Waals surface area contributed by atoms with Crippen molar-refractivity contribution in [2.45, 2.75) is 51.5 Å². The van der Waals surface area contributed by atoms with Gasteiger partial charge in [-0.3, -0.25) is 9.59 Å². The van der Waals surface area contributed by atoms with Crippen molar-refractivity contribution in [2.24, 2.45) is 5.92 Å². The van der Waals surface area contributed by atoms with Gasteiger partial charge in [0.2, 0.25) is 0 Å². The summed E-state index contributed by atoms with van der Waals surface area (Å²) in [5.41, 5.74) is -0.494.